The first-order chi connectivity index (χ1) is 9.41. The van der Waals surface area contributed by atoms with Crippen LogP contribution in [0.2, 0.25) is 0 Å². The normalized spacial score (nSPS) is 12.4. The van der Waals surface area contributed by atoms with Gasteiger partial charge in [0.05, 0.1) is 16.6 Å². The highest BCUT2D eigenvalue weighted by molar-refractivity contribution is 7.84. The summed E-state index contributed by atoms with van der Waals surface area (Å²) in [4.78, 5) is 36.9. The molecule has 106 valence electrons. The van der Waals surface area contributed by atoms with Gasteiger partial charge in [0.25, 0.3) is 0 Å². The minimum absolute atomic E-state index is 0.0887. The lowest BCUT2D eigenvalue weighted by Crippen LogP contribution is -2.37. The summed E-state index contributed by atoms with van der Waals surface area (Å²) in [6.07, 6.45) is 1.49. The number of carbonyl (C=O) groups is 1. The van der Waals surface area contributed by atoms with Crippen LogP contribution >= 0.6 is 0 Å². The predicted octanol–water partition coefficient (Wildman–Crippen LogP) is -0.233. The van der Waals surface area contributed by atoms with Gasteiger partial charge < -0.3 is 14.7 Å². The summed E-state index contributed by atoms with van der Waals surface area (Å²) in [6.45, 7) is 0.0887. The van der Waals surface area contributed by atoms with E-state index in [0.717, 1.165) is 4.57 Å². The van der Waals surface area contributed by atoms with Crippen molar-refractivity contribution in [1.29, 1.82) is 0 Å². The monoisotopic (exact) mass is 296 g/mol. The number of H-pyrrole nitrogens is 1. The molecule has 0 aliphatic rings. The van der Waals surface area contributed by atoms with E-state index in [1.54, 1.807) is 0 Å². The number of nitrogens with one attached hydrogen (secondary N) is 1. The molecule has 0 saturated carbocycles. The van der Waals surface area contributed by atoms with Crippen molar-refractivity contribution in [3.63, 3.8) is 0 Å². The zero-order valence-corrected chi connectivity index (χ0v) is 11.4. The number of aromatic nitrogens is 2. The van der Waals surface area contributed by atoms with Crippen molar-refractivity contribution < 1.29 is 14.1 Å². The summed E-state index contributed by atoms with van der Waals surface area (Å²) < 4.78 is 12.3. The number of benzene rings is 1. The first-order valence-electron chi connectivity index (χ1n) is 5.71. The largest absolute Gasteiger partial charge is 0.478 e. The molecule has 0 amide bonds. The number of aromatic amines is 1. The Morgan fingerprint density at radius 2 is 2.10 bits per heavy atom. The number of hydrogen-bond acceptors (Lipinski definition) is 4. The first-order valence-corrected chi connectivity index (χ1v) is 7.43. The Bertz CT molecular complexity index is 821. The Morgan fingerprint density at radius 3 is 2.70 bits per heavy atom. The molecule has 7 nitrogen and oxygen atoms in total. The lowest BCUT2D eigenvalue weighted by atomic mass is 10.1. The standard InChI is InChI=1S/C12H12N2O5S/c1-20(19)6-5-14-8-4-2-3-7(12(17)18)9(8)13-10(15)11(14)16/h2-4H,5-6H2,1H3,(H,13,15)(H,17,18). The van der Waals surface area contributed by atoms with Crippen molar-refractivity contribution in [1.82, 2.24) is 9.55 Å². The molecular formula is C12H12N2O5S. The smallest absolute Gasteiger partial charge is 0.337 e. The van der Waals surface area contributed by atoms with Gasteiger partial charge in [0.15, 0.2) is 0 Å². The van der Waals surface area contributed by atoms with Gasteiger partial charge in [-0.05, 0) is 12.1 Å². The van der Waals surface area contributed by atoms with Crippen LogP contribution in [0.4, 0.5) is 0 Å². The van der Waals surface area contributed by atoms with E-state index < -0.39 is 27.9 Å². The maximum Gasteiger partial charge on any atom is 0.337 e. The topological polar surface area (TPSA) is 109 Å². The Morgan fingerprint density at radius 1 is 1.40 bits per heavy atom. The number of fused-ring (bicyclic) bond motifs is 1. The summed E-state index contributed by atoms with van der Waals surface area (Å²) in [5, 5.41) is 9.09. The Hall–Kier alpha value is -2.22. The Kier molecular flexibility index (Phi) is 3.84. The second kappa shape index (κ2) is 5.41. The number of hydrogen-bond donors (Lipinski definition) is 2. The SMILES string of the molecule is CS(=O)CCn1c(=O)c(=O)[nH]c2c(C(=O)O)cccc21. The Balaban J connectivity index is 2.79. The molecule has 2 rings (SSSR count). The van der Waals surface area contributed by atoms with Gasteiger partial charge in [-0.3, -0.25) is 13.8 Å². The quantitative estimate of drug-likeness (QED) is 0.757. The number of carboxylic acid groups (broad SMARTS) is 1. The molecule has 1 heterocycles. The van der Waals surface area contributed by atoms with E-state index in [1.807, 2.05) is 0 Å². The van der Waals surface area contributed by atoms with Crippen LogP contribution in [-0.2, 0) is 17.3 Å². The zero-order chi connectivity index (χ0) is 14.9. The summed E-state index contributed by atoms with van der Waals surface area (Å²) in [5.41, 5.74) is -1.38. The molecule has 0 aliphatic carbocycles. The van der Waals surface area contributed by atoms with Crippen LogP contribution in [0.25, 0.3) is 11.0 Å². The highest BCUT2D eigenvalue weighted by Crippen LogP contribution is 2.14. The first kappa shape index (κ1) is 14.2. The molecule has 8 heteroatoms. The highest BCUT2D eigenvalue weighted by atomic mass is 32.2. The highest BCUT2D eigenvalue weighted by Gasteiger charge is 2.14. The van der Waals surface area contributed by atoms with Gasteiger partial charge in [0.1, 0.15) is 0 Å². The fourth-order valence-corrected chi connectivity index (χ4v) is 2.36. The molecule has 0 spiro atoms. The van der Waals surface area contributed by atoms with Crippen LogP contribution in [-0.4, -0.2) is 36.8 Å². The number of aryl methyl sites for hydroxylation is 1. The van der Waals surface area contributed by atoms with E-state index in [2.05, 4.69) is 4.98 Å². The molecule has 0 saturated heterocycles. The predicted molar refractivity (Wildman–Crippen MR) is 74.7 cm³/mol. The van der Waals surface area contributed by atoms with E-state index in [9.17, 15) is 18.6 Å². The van der Waals surface area contributed by atoms with Crippen LogP contribution in [0.1, 0.15) is 10.4 Å². The van der Waals surface area contributed by atoms with E-state index >= 15 is 0 Å². The third kappa shape index (κ3) is 2.55. The van der Waals surface area contributed by atoms with Gasteiger partial charge in [-0.1, -0.05) is 6.07 Å². The molecule has 0 aliphatic heterocycles. The van der Waals surface area contributed by atoms with E-state index in [-0.39, 0.29) is 23.4 Å². The molecule has 1 aromatic carbocycles. The van der Waals surface area contributed by atoms with Crippen molar-refractivity contribution in [3.8, 4) is 0 Å². The average Bonchev–Trinajstić information content (AvgIpc) is 2.38. The molecule has 2 aromatic rings. The van der Waals surface area contributed by atoms with Crippen LogP contribution in [0.3, 0.4) is 0 Å². The van der Waals surface area contributed by atoms with Crippen LogP contribution in [0, 0.1) is 0 Å². The van der Waals surface area contributed by atoms with Gasteiger partial charge >= 0.3 is 17.1 Å². The van der Waals surface area contributed by atoms with E-state index in [0.29, 0.717) is 5.52 Å². The van der Waals surface area contributed by atoms with Crippen LogP contribution < -0.4 is 11.1 Å². The van der Waals surface area contributed by atoms with Crippen molar-refractivity contribution >= 4 is 27.8 Å². The molecule has 0 radical (unpaired) electrons. The van der Waals surface area contributed by atoms with Gasteiger partial charge in [-0.15, -0.1) is 0 Å². The fourth-order valence-electron chi connectivity index (χ4n) is 1.92. The van der Waals surface area contributed by atoms with E-state index in [1.165, 1.54) is 24.5 Å². The zero-order valence-electron chi connectivity index (χ0n) is 10.6. The number of rotatable bonds is 4. The summed E-state index contributed by atoms with van der Waals surface area (Å²) in [6, 6.07) is 4.37. The number of carboxylic acids is 1. The lowest BCUT2D eigenvalue weighted by Gasteiger charge is -2.10. The van der Waals surface area contributed by atoms with Crippen molar-refractivity contribution in [3.05, 3.63) is 44.5 Å². The molecular weight excluding hydrogens is 284 g/mol. The third-order valence-electron chi connectivity index (χ3n) is 2.84. The maximum atomic E-state index is 11.8. The summed E-state index contributed by atoms with van der Waals surface area (Å²) in [7, 11) is -1.13. The third-order valence-corrected chi connectivity index (χ3v) is 3.60. The molecule has 0 bridgehead atoms. The van der Waals surface area contributed by atoms with Gasteiger partial charge in [0.2, 0.25) is 0 Å². The van der Waals surface area contributed by atoms with Gasteiger partial charge in [-0.25, -0.2) is 4.79 Å². The van der Waals surface area contributed by atoms with Crippen LogP contribution in [0.5, 0.6) is 0 Å². The van der Waals surface area contributed by atoms with Crippen molar-refractivity contribution in [2.24, 2.45) is 0 Å². The maximum absolute atomic E-state index is 11.8. The molecule has 2 N–H and O–H groups in total. The number of para-hydroxylation sites is 1. The number of nitrogens with zero attached hydrogens (tertiary/aromatic N) is 1. The second-order valence-corrected chi connectivity index (χ2v) is 5.75. The summed E-state index contributed by atoms with van der Waals surface area (Å²) >= 11 is 0. The molecule has 0 fully saturated rings. The van der Waals surface area contributed by atoms with Crippen molar-refractivity contribution in [2.45, 2.75) is 6.54 Å². The van der Waals surface area contributed by atoms with Gasteiger partial charge in [-0.2, -0.15) is 0 Å². The average molecular weight is 296 g/mol. The minimum atomic E-state index is -1.20. The molecule has 1 aromatic heterocycles. The van der Waals surface area contributed by atoms with Crippen molar-refractivity contribution in [2.75, 3.05) is 12.0 Å². The lowest BCUT2D eigenvalue weighted by molar-refractivity contribution is 0.0698. The van der Waals surface area contributed by atoms with E-state index in [4.69, 9.17) is 5.11 Å². The number of aromatic carboxylic acids is 1. The van der Waals surface area contributed by atoms with Gasteiger partial charge in [0, 0.05) is 29.4 Å². The molecule has 1 atom stereocenters. The molecule has 20 heavy (non-hydrogen) atoms. The van der Waals surface area contributed by atoms with Crippen LogP contribution in [0.15, 0.2) is 27.8 Å². The second-order valence-electron chi connectivity index (χ2n) is 4.19. The minimum Gasteiger partial charge on any atom is -0.478 e. The fraction of sp³-hybridized carbons (Fsp3) is 0.250. The summed E-state index contributed by atoms with van der Waals surface area (Å²) in [5.74, 6) is -0.994. The Labute approximate surface area is 115 Å². The molecule has 1 unspecified atom stereocenters.